The molecular weight excluding hydrogens is 288 g/mol. The lowest BCUT2D eigenvalue weighted by molar-refractivity contribution is -0.118. The fourth-order valence-corrected chi connectivity index (χ4v) is 2.13. The van der Waals surface area contributed by atoms with Crippen molar-refractivity contribution < 1.29 is 9.53 Å². The van der Waals surface area contributed by atoms with Gasteiger partial charge in [-0.1, -0.05) is 32.0 Å². The summed E-state index contributed by atoms with van der Waals surface area (Å²) in [5, 5.41) is 11.6. The van der Waals surface area contributed by atoms with Gasteiger partial charge in [0, 0.05) is 5.69 Å². The molecule has 0 aliphatic carbocycles. The van der Waals surface area contributed by atoms with E-state index in [1.165, 1.54) is 5.56 Å². The van der Waals surface area contributed by atoms with Crippen molar-refractivity contribution in [2.45, 2.75) is 26.2 Å². The number of hydrogen-bond donors (Lipinski definition) is 1. The Morgan fingerprint density at radius 1 is 1.26 bits per heavy atom. The van der Waals surface area contributed by atoms with E-state index in [9.17, 15) is 4.79 Å². The predicted molar refractivity (Wildman–Crippen MR) is 90.4 cm³/mol. The summed E-state index contributed by atoms with van der Waals surface area (Å²) in [4.78, 5) is 11.9. The third-order valence-electron chi connectivity index (χ3n) is 3.71. The summed E-state index contributed by atoms with van der Waals surface area (Å²) < 4.78 is 5.40. The second-order valence-corrected chi connectivity index (χ2v) is 5.41. The zero-order valence-corrected chi connectivity index (χ0v) is 13.4. The number of anilines is 1. The summed E-state index contributed by atoms with van der Waals surface area (Å²) in [5.41, 5.74) is 2.51. The van der Waals surface area contributed by atoms with Crippen LogP contribution in [0, 0.1) is 11.3 Å². The number of amides is 1. The molecular formula is C19H20N2O2. The number of hydrogen-bond acceptors (Lipinski definition) is 3. The van der Waals surface area contributed by atoms with Crippen LogP contribution >= 0.6 is 0 Å². The minimum absolute atomic E-state index is 0.0952. The van der Waals surface area contributed by atoms with Gasteiger partial charge in [0.2, 0.25) is 0 Å². The molecule has 0 saturated carbocycles. The van der Waals surface area contributed by atoms with Crippen LogP contribution in [0.25, 0.3) is 0 Å². The Labute approximate surface area is 136 Å². The summed E-state index contributed by atoms with van der Waals surface area (Å²) in [6, 6.07) is 16.6. The highest BCUT2D eigenvalue weighted by atomic mass is 16.5. The first-order valence-corrected chi connectivity index (χ1v) is 7.65. The molecule has 0 aromatic heterocycles. The first-order valence-electron chi connectivity index (χ1n) is 7.65. The van der Waals surface area contributed by atoms with Crippen LogP contribution in [0.3, 0.4) is 0 Å². The first-order chi connectivity index (χ1) is 11.1. The summed E-state index contributed by atoms with van der Waals surface area (Å²) in [5.74, 6) is 0.783. The monoisotopic (exact) mass is 308 g/mol. The van der Waals surface area contributed by atoms with Crippen LogP contribution in [-0.4, -0.2) is 12.5 Å². The van der Waals surface area contributed by atoms with Crippen molar-refractivity contribution in [2.24, 2.45) is 0 Å². The summed E-state index contributed by atoms with van der Waals surface area (Å²) in [6.07, 6.45) is 1.08. The van der Waals surface area contributed by atoms with Gasteiger partial charge in [-0.15, -0.1) is 0 Å². The van der Waals surface area contributed by atoms with Crippen LogP contribution in [0.15, 0.2) is 48.5 Å². The van der Waals surface area contributed by atoms with E-state index in [4.69, 9.17) is 10.00 Å². The molecule has 4 heteroatoms. The number of benzene rings is 2. The molecule has 0 aliphatic heterocycles. The maximum absolute atomic E-state index is 11.9. The average Bonchev–Trinajstić information content (AvgIpc) is 2.60. The van der Waals surface area contributed by atoms with E-state index in [-0.39, 0.29) is 12.5 Å². The van der Waals surface area contributed by atoms with Crippen LogP contribution in [0.5, 0.6) is 5.75 Å². The van der Waals surface area contributed by atoms with Crippen LogP contribution < -0.4 is 10.1 Å². The molecule has 1 amide bonds. The molecule has 0 saturated heterocycles. The van der Waals surface area contributed by atoms with Crippen molar-refractivity contribution in [1.82, 2.24) is 0 Å². The van der Waals surface area contributed by atoms with Crippen molar-refractivity contribution in [3.63, 3.8) is 0 Å². The maximum Gasteiger partial charge on any atom is 0.262 e. The van der Waals surface area contributed by atoms with E-state index >= 15 is 0 Å². The number of ether oxygens (including phenoxy) is 1. The van der Waals surface area contributed by atoms with E-state index in [1.807, 2.05) is 30.3 Å². The second kappa shape index (κ2) is 8.00. The molecule has 2 aromatic rings. The van der Waals surface area contributed by atoms with Crippen LogP contribution in [0.1, 0.15) is 37.3 Å². The Kier molecular flexibility index (Phi) is 5.76. The van der Waals surface area contributed by atoms with E-state index in [0.717, 1.165) is 12.1 Å². The van der Waals surface area contributed by atoms with Gasteiger partial charge in [-0.2, -0.15) is 5.26 Å². The lowest BCUT2D eigenvalue weighted by Crippen LogP contribution is -2.20. The van der Waals surface area contributed by atoms with Gasteiger partial charge in [0.1, 0.15) is 5.75 Å². The van der Waals surface area contributed by atoms with Gasteiger partial charge in [-0.05, 0) is 48.2 Å². The number of carbonyl (C=O) groups excluding carboxylic acids is 1. The Hall–Kier alpha value is -2.80. The third-order valence-corrected chi connectivity index (χ3v) is 3.71. The molecule has 0 radical (unpaired) electrons. The van der Waals surface area contributed by atoms with Gasteiger partial charge >= 0.3 is 0 Å². The normalized spacial score (nSPS) is 11.3. The van der Waals surface area contributed by atoms with Gasteiger partial charge in [0.05, 0.1) is 11.6 Å². The number of nitrogens with one attached hydrogen (secondary N) is 1. The summed E-state index contributed by atoms with van der Waals surface area (Å²) in [6.45, 7) is 4.23. The third kappa shape index (κ3) is 4.86. The Morgan fingerprint density at radius 2 is 2.00 bits per heavy atom. The smallest absolute Gasteiger partial charge is 0.262 e. The fourth-order valence-electron chi connectivity index (χ4n) is 2.13. The molecule has 0 bridgehead atoms. The van der Waals surface area contributed by atoms with Crippen molar-refractivity contribution in [2.75, 3.05) is 11.9 Å². The SMILES string of the molecule is CC[C@@H](C)c1ccc(NC(=O)COc2cccc(C#N)c2)cc1. The Morgan fingerprint density at radius 3 is 2.65 bits per heavy atom. The van der Waals surface area contributed by atoms with Crippen molar-refractivity contribution in [1.29, 1.82) is 5.26 Å². The first kappa shape index (κ1) is 16.6. The highest BCUT2D eigenvalue weighted by Crippen LogP contribution is 2.20. The van der Waals surface area contributed by atoms with Crippen molar-refractivity contribution in [3.05, 3.63) is 59.7 Å². The van der Waals surface area contributed by atoms with Gasteiger partial charge in [0.15, 0.2) is 6.61 Å². The van der Waals surface area contributed by atoms with Crippen LogP contribution in [0.4, 0.5) is 5.69 Å². The molecule has 1 N–H and O–H groups in total. The minimum atomic E-state index is -0.233. The van der Waals surface area contributed by atoms with Crippen molar-refractivity contribution >= 4 is 11.6 Å². The lowest BCUT2D eigenvalue weighted by atomic mass is 9.99. The van der Waals surface area contributed by atoms with Gasteiger partial charge in [-0.25, -0.2) is 0 Å². The molecule has 0 unspecified atom stereocenters. The maximum atomic E-state index is 11.9. The summed E-state index contributed by atoms with van der Waals surface area (Å²) >= 11 is 0. The van der Waals surface area contributed by atoms with E-state index in [1.54, 1.807) is 24.3 Å². The van der Waals surface area contributed by atoms with Gasteiger partial charge in [-0.3, -0.25) is 4.79 Å². The highest BCUT2D eigenvalue weighted by Gasteiger charge is 2.06. The van der Waals surface area contributed by atoms with Gasteiger partial charge in [0.25, 0.3) is 5.91 Å². The summed E-state index contributed by atoms with van der Waals surface area (Å²) in [7, 11) is 0. The highest BCUT2D eigenvalue weighted by molar-refractivity contribution is 5.91. The largest absolute Gasteiger partial charge is 0.484 e. The molecule has 2 rings (SSSR count). The number of carbonyl (C=O) groups is 1. The minimum Gasteiger partial charge on any atom is -0.484 e. The fraction of sp³-hybridized carbons (Fsp3) is 0.263. The van der Waals surface area contributed by atoms with Crippen LogP contribution in [0.2, 0.25) is 0 Å². The van der Waals surface area contributed by atoms with E-state index < -0.39 is 0 Å². The Bertz CT molecular complexity index is 702. The molecule has 2 aromatic carbocycles. The topological polar surface area (TPSA) is 62.1 Å². The zero-order chi connectivity index (χ0) is 16.7. The molecule has 0 aliphatic rings. The molecule has 0 spiro atoms. The van der Waals surface area contributed by atoms with E-state index in [2.05, 4.69) is 19.2 Å². The number of rotatable bonds is 6. The molecule has 4 nitrogen and oxygen atoms in total. The molecule has 0 fully saturated rings. The zero-order valence-electron chi connectivity index (χ0n) is 13.4. The average molecular weight is 308 g/mol. The van der Waals surface area contributed by atoms with E-state index in [0.29, 0.717) is 17.2 Å². The number of nitriles is 1. The standard InChI is InChI=1S/C19H20N2O2/c1-3-14(2)16-7-9-17(10-8-16)21-19(22)13-23-18-6-4-5-15(11-18)12-20/h4-11,14H,3,13H2,1-2H3,(H,21,22)/t14-/m1/s1. The molecule has 1 atom stereocenters. The second-order valence-electron chi connectivity index (χ2n) is 5.41. The lowest BCUT2D eigenvalue weighted by Gasteiger charge is -2.11. The molecule has 23 heavy (non-hydrogen) atoms. The molecule has 118 valence electrons. The number of nitrogens with zero attached hydrogens (tertiary/aromatic N) is 1. The molecule has 0 heterocycles. The quantitative estimate of drug-likeness (QED) is 0.874. The predicted octanol–water partition coefficient (Wildman–Crippen LogP) is 4.09. The Balaban J connectivity index is 1.88. The van der Waals surface area contributed by atoms with Gasteiger partial charge < -0.3 is 10.1 Å². The van der Waals surface area contributed by atoms with Crippen LogP contribution in [-0.2, 0) is 4.79 Å². The van der Waals surface area contributed by atoms with Crippen molar-refractivity contribution in [3.8, 4) is 11.8 Å².